The molecule has 0 amide bonds. The molecule has 0 bridgehead atoms. The highest BCUT2D eigenvalue weighted by Crippen LogP contribution is 2.21. The number of ether oxygens (including phenoxy) is 2. The van der Waals surface area contributed by atoms with E-state index in [1.807, 2.05) is 19.1 Å². The largest absolute Gasteiger partial charge is 0.494 e. The predicted molar refractivity (Wildman–Crippen MR) is 87.3 cm³/mol. The summed E-state index contributed by atoms with van der Waals surface area (Å²) in [6, 6.07) is 10.1. The van der Waals surface area contributed by atoms with Gasteiger partial charge in [0.05, 0.1) is 7.11 Å². The van der Waals surface area contributed by atoms with Crippen LogP contribution in [0.3, 0.4) is 0 Å². The first-order chi connectivity index (χ1) is 11.7. The van der Waals surface area contributed by atoms with Crippen molar-refractivity contribution in [1.29, 1.82) is 0 Å². The summed E-state index contributed by atoms with van der Waals surface area (Å²) in [6.45, 7) is 2.07. The standard InChI is InChI=1S/C18H16FN3O2/c1-12-9-17(22-18(21-12)14-5-7-20-8-6-14)24-11-13-3-4-16(23-2)15(19)10-13/h3-10H,11H2,1-2H3. The summed E-state index contributed by atoms with van der Waals surface area (Å²) < 4.78 is 24.3. The number of hydrogen-bond donors (Lipinski definition) is 0. The normalized spacial score (nSPS) is 10.5. The van der Waals surface area contributed by atoms with Crippen molar-refractivity contribution < 1.29 is 13.9 Å². The lowest BCUT2D eigenvalue weighted by molar-refractivity contribution is 0.292. The Balaban J connectivity index is 1.78. The second-order valence-corrected chi connectivity index (χ2v) is 5.16. The Morgan fingerprint density at radius 2 is 1.83 bits per heavy atom. The molecule has 5 nitrogen and oxygen atoms in total. The van der Waals surface area contributed by atoms with Crippen molar-refractivity contribution in [3.8, 4) is 23.0 Å². The molecule has 24 heavy (non-hydrogen) atoms. The maximum atomic E-state index is 13.7. The first kappa shape index (κ1) is 15.9. The van der Waals surface area contributed by atoms with Gasteiger partial charge < -0.3 is 9.47 Å². The van der Waals surface area contributed by atoms with Gasteiger partial charge in [-0.2, -0.15) is 4.98 Å². The SMILES string of the molecule is COc1ccc(COc2cc(C)nc(-c3ccncc3)n2)cc1F. The van der Waals surface area contributed by atoms with Crippen LogP contribution in [-0.4, -0.2) is 22.1 Å². The number of hydrogen-bond acceptors (Lipinski definition) is 5. The summed E-state index contributed by atoms with van der Waals surface area (Å²) in [5, 5.41) is 0. The van der Waals surface area contributed by atoms with Crippen LogP contribution in [0.4, 0.5) is 4.39 Å². The van der Waals surface area contributed by atoms with E-state index in [4.69, 9.17) is 9.47 Å². The summed E-state index contributed by atoms with van der Waals surface area (Å²) in [6.07, 6.45) is 3.36. The van der Waals surface area contributed by atoms with E-state index in [2.05, 4.69) is 15.0 Å². The van der Waals surface area contributed by atoms with E-state index in [-0.39, 0.29) is 12.4 Å². The summed E-state index contributed by atoms with van der Waals surface area (Å²) >= 11 is 0. The minimum atomic E-state index is -0.421. The Labute approximate surface area is 139 Å². The summed E-state index contributed by atoms with van der Waals surface area (Å²) in [4.78, 5) is 12.8. The van der Waals surface area contributed by atoms with Crippen molar-refractivity contribution in [3.05, 3.63) is 65.9 Å². The molecule has 0 saturated heterocycles. The minimum Gasteiger partial charge on any atom is -0.494 e. The number of methoxy groups -OCH3 is 1. The van der Waals surface area contributed by atoms with E-state index < -0.39 is 5.82 Å². The lowest BCUT2D eigenvalue weighted by Gasteiger charge is -2.09. The van der Waals surface area contributed by atoms with Crippen molar-refractivity contribution in [2.45, 2.75) is 13.5 Å². The Kier molecular flexibility index (Phi) is 4.65. The van der Waals surface area contributed by atoms with Crippen LogP contribution in [0.2, 0.25) is 0 Å². The highest BCUT2D eigenvalue weighted by Gasteiger charge is 2.08. The zero-order chi connectivity index (χ0) is 16.9. The average molecular weight is 325 g/mol. The van der Waals surface area contributed by atoms with E-state index in [0.29, 0.717) is 17.3 Å². The zero-order valence-corrected chi connectivity index (χ0v) is 13.4. The van der Waals surface area contributed by atoms with Gasteiger partial charge in [-0.15, -0.1) is 0 Å². The number of aryl methyl sites for hydroxylation is 1. The van der Waals surface area contributed by atoms with Crippen LogP contribution in [0.25, 0.3) is 11.4 Å². The second-order valence-electron chi connectivity index (χ2n) is 5.16. The highest BCUT2D eigenvalue weighted by molar-refractivity contribution is 5.54. The molecular formula is C18H16FN3O2. The lowest BCUT2D eigenvalue weighted by atomic mass is 10.2. The molecule has 2 aromatic heterocycles. The summed E-state index contributed by atoms with van der Waals surface area (Å²) in [7, 11) is 1.43. The zero-order valence-electron chi connectivity index (χ0n) is 13.4. The van der Waals surface area contributed by atoms with E-state index in [0.717, 1.165) is 11.3 Å². The fourth-order valence-electron chi connectivity index (χ4n) is 2.20. The van der Waals surface area contributed by atoms with E-state index in [1.54, 1.807) is 30.6 Å². The molecule has 0 unspecified atom stereocenters. The molecule has 0 aliphatic rings. The fraction of sp³-hybridized carbons (Fsp3) is 0.167. The molecule has 0 aliphatic carbocycles. The molecule has 0 radical (unpaired) electrons. The third-order valence-electron chi connectivity index (χ3n) is 3.37. The van der Waals surface area contributed by atoms with Crippen molar-refractivity contribution in [2.75, 3.05) is 7.11 Å². The smallest absolute Gasteiger partial charge is 0.217 e. The fourth-order valence-corrected chi connectivity index (χ4v) is 2.20. The third kappa shape index (κ3) is 3.65. The molecule has 3 aromatic rings. The molecule has 0 N–H and O–H groups in total. The van der Waals surface area contributed by atoms with Gasteiger partial charge in [-0.25, -0.2) is 9.37 Å². The van der Waals surface area contributed by atoms with Gasteiger partial charge in [-0.3, -0.25) is 4.98 Å². The molecule has 0 saturated carbocycles. The van der Waals surface area contributed by atoms with Gasteiger partial charge in [0.1, 0.15) is 6.61 Å². The maximum absolute atomic E-state index is 13.7. The van der Waals surface area contributed by atoms with Crippen molar-refractivity contribution >= 4 is 0 Å². The number of aromatic nitrogens is 3. The Morgan fingerprint density at radius 3 is 2.54 bits per heavy atom. The van der Waals surface area contributed by atoms with Gasteiger partial charge in [0.15, 0.2) is 17.4 Å². The number of benzene rings is 1. The van der Waals surface area contributed by atoms with Gasteiger partial charge >= 0.3 is 0 Å². The number of halogens is 1. The monoisotopic (exact) mass is 325 g/mol. The molecule has 3 rings (SSSR count). The van der Waals surface area contributed by atoms with E-state index in [9.17, 15) is 4.39 Å². The van der Waals surface area contributed by atoms with Crippen LogP contribution in [0, 0.1) is 12.7 Å². The first-order valence-electron chi connectivity index (χ1n) is 7.37. The quantitative estimate of drug-likeness (QED) is 0.718. The lowest BCUT2D eigenvalue weighted by Crippen LogP contribution is -2.01. The molecule has 1 aromatic carbocycles. The number of rotatable bonds is 5. The Morgan fingerprint density at radius 1 is 1.04 bits per heavy atom. The van der Waals surface area contributed by atoms with Gasteiger partial charge in [-0.1, -0.05) is 6.07 Å². The molecular weight excluding hydrogens is 309 g/mol. The molecule has 0 aliphatic heterocycles. The molecule has 0 spiro atoms. The van der Waals surface area contributed by atoms with Crippen LogP contribution in [-0.2, 0) is 6.61 Å². The van der Waals surface area contributed by atoms with Gasteiger partial charge in [-0.05, 0) is 36.8 Å². The number of pyridine rings is 1. The number of nitrogens with zero attached hydrogens (tertiary/aromatic N) is 3. The molecule has 6 heteroatoms. The summed E-state index contributed by atoms with van der Waals surface area (Å²) in [5.74, 6) is 0.783. The van der Waals surface area contributed by atoms with E-state index >= 15 is 0 Å². The molecule has 122 valence electrons. The van der Waals surface area contributed by atoms with Crippen molar-refractivity contribution in [3.63, 3.8) is 0 Å². The van der Waals surface area contributed by atoms with Crippen LogP contribution in [0.5, 0.6) is 11.6 Å². The highest BCUT2D eigenvalue weighted by atomic mass is 19.1. The third-order valence-corrected chi connectivity index (χ3v) is 3.37. The van der Waals surface area contributed by atoms with Crippen molar-refractivity contribution in [2.24, 2.45) is 0 Å². The second kappa shape index (κ2) is 7.04. The first-order valence-corrected chi connectivity index (χ1v) is 7.37. The topological polar surface area (TPSA) is 57.1 Å². The van der Waals surface area contributed by atoms with Crippen LogP contribution >= 0.6 is 0 Å². The van der Waals surface area contributed by atoms with Crippen LogP contribution < -0.4 is 9.47 Å². The molecule has 2 heterocycles. The summed E-state index contributed by atoms with van der Waals surface area (Å²) in [5.41, 5.74) is 2.33. The molecule has 0 fully saturated rings. The molecule has 0 atom stereocenters. The maximum Gasteiger partial charge on any atom is 0.217 e. The minimum absolute atomic E-state index is 0.202. The Hall–Kier alpha value is -3.02. The van der Waals surface area contributed by atoms with Gasteiger partial charge in [0.2, 0.25) is 5.88 Å². The van der Waals surface area contributed by atoms with Crippen LogP contribution in [0.1, 0.15) is 11.3 Å². The van der Waals surface area contributed by atoms with Crippen molar-refractivity contribution in [1.82, 2.24) is 15.0 Å². The average Bonchev–Trinajstić information content (AvgIpc) is 2.60. The van der Waals surface area contributed by atoms with Crippen LogP contribution in [0.15, 0.2) is 48.8 Å². The Bertz CT molecular complexity index is 841. The predicted octanol–water partition coefficient (Wildman–Crippen LogP) is 3.57. The van der Waals surface area contributed by atoms with Gasteiger partial charge in [0.25, 0.3) is 0 Å². The van der Waals surface area contributed by atoms with E-state index in [1.165, 1.54) is 13.2 Å². The van der Waals surface area contributed by atoms with Gasteiger partial charge in [0, 0.05) is 29.7 Å².